The fourth-order valence-electron chi connectivity index (χ4n) is 1.97. The molecule has 1 aliphatic heterocycles. The van der Waals surface area contributed by atoms with Crippen molar-refractivity contribution in [2.45, 2.75) is 18.9 Å². The zero-order valence-electron chi connectivity index (χ0n) is 8.39. The van der Waals surface area contributed by atoms with Gasteiger partial charge in [-0.05, 0) is 25.0 Å². The summed E-state index contributed by atoms with van der Waals surface area (Å²) in [6, 6.07) is 3.29. The molecule has 1 fully saturated rings. The first-order valence-electron chi connectivity index (χ1n) is 4.96. The molecule has 5 nitrogen and oxygen atoms in total. The molecule has 1 amide bonds. The molecule has 0 aliphatic carbocycles. The Morgan fingerprint density at radius 1 is 1.60 bits per heavy atom. The molecule has 1 unspecified atom stereocenters. The van der Waals surface area contributed by atoms with E-state index in [0.717, 1.165) is 19.4 Å². The number of nitrogens with zero attached hydrogens (tertiary/aromatic N) is 2. The Morgan fingerprint density at radius 3 is 3.07 bits per heavy atom. The Labute approximate surface area is 88.1 Å². The Kier molecular flexibility index (Phi) is 2.45. The first-order chi connectivity index (χ1) is 7.20. The number of nitrogen functional groups attached to an aromatic ring is 1. The highest BCUT2D eigenvalue weighted by atomic mass is 16.1. The smallest absolute Gasteiger partial charge is 0.240 e. The Bertz CT molecular complexity index is 379. The SMILES string of the molecule is NC(=O)C1CCCN1c1ncccc1N. The van der Waals surface area contributed by atoms with E-state index in [-0.39, 0.29) is 11.9 Å². The molecule has 1 saturated heterocycles. The molecule has 0 spiro atoms. The van der Waals surface area contributed by atoms with Gasteiger partial charge in [-0.2, -0.15) is 0 Å². The number of carbonyl (C=O) groups excluding carboxylic acids is 1. The van der Waals surface area contributed by atoms with Gasteiger partial charge in [0.05, 0.1) is 5.69 Å². The number of aromatic nitrogens is 1. The van der Waals surface area contributed by atoms with Crippen molar-refractivity contribution >= 4 is 17.4 Å². The summed E-state index contributed by atoms with van der Waals surface area (Å²) in [7, 11) is 0. The Balaban J connectivity index is 2.30. The fraction of sp³-hybridized carbons (Fsp3) is 0.400. The maximum Gasteiger partial charge on any atom is 0.240 e. The highest BCUT2D eigenvalue weighted by Gasteiger charge is 2.30. The fourth-order valence-corrected chi connectivity index (χ4v) is 1.97. The molecular weight excluding hydrogens is 192 g/mol. The predicted octanol–water partition coefficient (Wildman–Crippen LogP) is 0.118. The first kappa shape index (κ1) is 9.76. The number of nitrogens with two attached hydrogens (primary N) is 2. The number of amides is 1. The maximum absolute atomic E-state index is 11.2. The third kappa shape index (κ3) is 1.72. The molecule has 2 heterocycles. The van der Waals surface area contributed by atoms with Gasteiger partial charge >= 0.3 is 0 Å². The van der Waals surface area contributed by atoms with Crippen LogP contribution >= 0.6 is 0 Å². The number of rotatable bonds is 2. The van der Waals surface area contributed by atoms with Gasteiger partial charge in [-0.3, -0.25) is 4.79 Å². The summed E-state index contributed by atoms with van der Waals surface area (Å²) in [6.07, 6.45) is 3.40. The lowest BCUT2D eigenvalue weighted by Crippen LogP contribution is -2.41. The zero-order chi connectivity index (χ0) is 10.8. The molecule has 5 heteroatoms. The van der Waals surface area contributed by atoms with Crippen LogP contribution in [-0.2, 0) is 4.79 Å². The minimum Gasteiger partial charge on any atom is -0.396 e. The molecule has 1 aliphatic rings. The minimum atomic E-state index is -0.308. The lowest BCUT2D eigenvalue weighted by molar-refractivity contribution is -0.119. The van der Waals surface area contributed by atoms with Gasteiger partial charge in [0.25, 0.3) is 0 Å². The van der Waals surface area contributed by atoms with Gasteiger partial charge in [-0.15, -0.1) is 0 Å². The summed E-state index contributed by atoms with van der Waals surface area (Å²) in [6.45, 7) is 0.787. The minimum absolute atomic E-state index is 0.262. The Hall–Kier alpha value is -1.78. The van der Waals surface area contributed by atoms with Gasteiger partial charge in [-0.1, -0.05) is 0 Å². The van der Waals surface area contributed by atoms with Crippen molar-refractivity contribution in [3.8, 4) is 0 Å². The van der Waals surface area contributed by atoms with Crippen LogP contribution in [0.3, 0.4) is 0 Å². The van der Waals surface area contributed by atoms with Gasteiger partial charge in [0.15, 0.2) is 5.82 Å². The molecule has 1 atom stereocenters. The van der Waals surface area contributed by atoms with Crippen LogP contribution in [0.4, 0.5) is 11.5 Å². The average Bonchev–Trinajstić information content (AvgIpc) is 2.67. The van der Waals surface area contributed by atoms with Crippen molar-refractivity contribution in [1.29, 1.82) is 0 Å². The Morgan fingerprint density at radius 2 is 2.40 bits per heavy atom. The van der Waals surface area contributed by atoms with Gasteiger partial charge in [-0.25, -0.2) is 4.98 Å². The van der Waals surface area contributed by atoms with E-state index in [9.17, 15) is 4.79 Å². The number of pyridine rings is 1. The van der Waals surface area contributed by atoms with E-state index in [1.807, 2.05) is 4.90 Å². The quantitative estimate of drug-likeness (QED) is 0.719. The summed E-state index contributed by atoms with van der Waals surface area (Å²) in [5, 5.41) is 0. The van der Waals surface area contributed by atoms with E-state index in [0.29, 0.717) is 11.5 Å². The van der Waals surface area contributed by atoms with Crippen molar-refractivity contribution in [1.82, 2.24) is 4.98 Å². The van der Waals surface area contributed by atoms with Crippen LogP contribution in [-0.4, -0.2) is 23.5 Å². The third-order valence-electron chi connectivity index (χ3n) is 2.67. The molecule has 15 heavy (non-hydrogen) atoms. The molecule has 2 rings (SSSR count). The van der Waals surface area contributed by atoms with Crippen molar-refractivity contribution in [2.24, 2.45) is 5.73 Å². The van der Waals surface area contributed by atoms with Crippen LogP contribution in [0.1, 0.15) is 12.8 Å². The first-order valence-corrected chi connectivity index (χ1v) is 4.96. The van der Waals surface area contributed by atoms with Crippen LogP contribution in [0.5, 0.6) is 0 Å². The molecule has 0 saturated carbocycles. The molecule has 0 bridgehead atoms. The van der Waals surface area contributed by atoms with Gasteiger partial charge in [0.1, 0.15) is 6.04 Å². The number of primary amides is 1. The number of hydrogen-bond donors (Lipinski definition) is 2. The van der Waals surface area contributed by atoms with Gasteiger partial charge in [0.2, 0.25) is 5.91 Å². The van der Waals surface area contributed by atoms with Crippen molar-refractivity contribution in [2.75, 3.05) is 17.2 Å². The van der Waals surface area contributed by atoms with E-state index in [2.05, 4.69) is 4.98 Å². The lowest BCUT2D eigenvalue weighted by Gasteiger charge is -2.24. The molecular formula is C10H14N4O. The molecule has 0 aromatic carbocycles. The normalized spacial score (nSPS) is 20.5. The lowest BCUT2D eigenvalue weighted by atomic mass is 10.2. The van der Waals surface area contributed by atoms with E-state index >= 15 is 0 Å². The predicted molar refractivity (Wildman–Crippen MR) is 58.2 cm³/mol. The second kappa shape index (κ2) is 3.76. The van der Waals surface area contributed by atoms with Crippen LogP contribution < -0.4 is 16.4 Å². The number of anilines is 2. The van der Waals surface area contributed by atoms with E-state index < -0.39 is 0 Å². The largest absolute Gasteiger partial charge is 0.396 e. The zero-order valence-corrected chi connectivity index (χ0v) is 8.39. The van der Waals surface area contributed by atoms with Crippen LogP contribution in [0.15, 0.2) is 18.3 Å². The maximum atomic E-state index is 11.2. The number of hydrogen-bond acceptors (Lipinski definition) is 4. The van der Waals surface area contributed by atoms with E-state index in [4.69, 9.17) is 11.5 Å². The summed E-state index contributed by atoms with van der Waals surface area (Å²) in [5.41, 5.74) is 11.7. The topological polar surface area (TPSA) is 85.2 Å². The summed E-state index contributed by atoms with van der Waals surface area (Å²) < 4.78 is 0. The van der Waals surface area contributed by atoms with Crippen molar-refractivity contribution < 1.29 is 4.79 Å². The van der Waals surface area contributed by atoms with E-state index in [1.54, 1.807) is 18.3 Å². The molecule has 1 aromatic rings. The second-order valence-electron chi connectivity index (χ2n) is 3.67. The monoisotopic (exact) mass is 206 g/mol. The van der Waals surface area contributed by atoms with Crippen LogP contribution in [0, 0.1) is 0 Å². The summed E-state index contributed by atoms with van der Waals surface area (Å²) >= 11 is 0. The van der Waals surface area contributed by atoms with Gasteiger partial charge < -0.3 is 16.4 Å². The molecule has 0 radical (unpaired) electrons. The molecule has 4 N–H and O–H groups in total. The second-order valence-corrected chi connectivity index (χ2v) is 3.67. The summed E-state index contributed by atoms with van der Waals surface area (Å²) in [5.74, 6) is 0.358. The molecule has 80 valence electrons. The van der Waals surface area contributed by atoms with Crippen molar-refractivity contribution in [3.63, 3.8) is 0 Å². The standard InChI is InChI=1S/C10H14N4O/c11-7-3-1-5-13-10(7)14-6-2-4-8(14)9(12)15/h1,3,5,8H,2,4,6,11H2,(H2,12,15). The highest BCUT2D eigenvalue weighted by Crippen LogP contribution is 2.27. The van der Waals surface area contributed by atoms with Crippen LogP contribution in [0.25, 0.3) is 0 Å². The molecule has 1 aromatic heterocycles. The highest BCUT2D eigenvalue weighted by molar-refractivity contribution is 5.85. The van der Waals surface area contributed by atoms with E-state index in [1.165, 1.54) is 0 Å². The van der Waals surface area contributed by atoms with Crippen molar-refractivity contribution in [3.05, 3.63) is 18.3 Å². The average molecular weight is 206 g/mol. The van der Waals surface area contributed by atoms with Gasteiger partial charge in [0, 0.05) is 12.7 Å². The van der Waals surface area contributed by atoms with Crippen LogP contribution in [0.2, 0.25) is 0 Å². The third-order valence-corrected chi connectivity index (χ3v) is 2.67. The summed E-state index contributed by atoms with van der Waals surface area (Å²) in [4.78, 5) is 17.3. The number of carbonyl (C=O) groups is 1.